The molecule has 1 saturated heterocycles. The monoisotopic (exact) mass is 320 g/mol. The highest BCUT2D eigenvalue weighted by Gasteiger charge is 2.36. The summed E-state index contributed by atoms with van der Waals surface area (Å²) >= 11 is 0. The molecular formula is C15H20N4O4. The number of H-pyrrole nitrogens is 1. The fourth-order valence-corrected chi connectivity index (χ4v) is 3.18. The maximum Gasteiger partial charge on any atom is 0.326 e. The van der Waals surface area contributed by atoms with Crippen molar-refractivity contribution in [3.63, 3.8) is 0 Å². The number of aromatic amines is 1. The molecule has 23 heavy (non-hydrogen) atoms. The van der Waals surface area contributed by atoms with Gasteiger partial charge >= 0.3 is 5.97 Å². The Morgan fingerprint density at radius 2 is 2.17 bits per heavy atom. The Morgan fingerprint density at radius 3 is 2.96 bits per heavy atom. The Balaban J connectivity index is 1.74. The number of rotatable bonds is 3. The molecule has 2 amide bonds. The molecule has 124 valence electrons. The number of carbonyl (C=O) groups is 3. The van der Waals surface area contributed by atoms with Gasteiger partial charge in [-0.05, 0) is 12.8 Å². The van der Waals surface area contributed by atoms with Gasteiger partial charge in [-0.25, -0.2) is 9.78 Å². The van der Waals surface area contributed by atoms with E-state index in [9.17, 15) is 19.5 Å². The van der Waals surface area contributed by atoms with Crippen molar-refractivity contribution in [2.45, 2.75) is 44.7 Å². The third kappa shape index (κ3) is 3.20. The lowest BCUT2D eigenvalue weighted by molar-refractivity contribution is -0.153. The van der Waals surface area contributed by atoms with E-state index in [1.807, 2.05) is 0 Å². The van der Waals surface area contributed by atoms with Gasteiger partial charge in [-0.2, -0.15) is 0 Å². The number of imidazole rings is 1. The molecule has 1 fully saturated rings. The SMILES string of the molecule is O=C(O)[C@@H]1Cc2nc[nH]c2CN1C(=O)CN1CCCCCC1=O. The van der Waals surface area contributed by atoms with Crippen molar-refractivity contribution < 1.29 is 19.5 Å². The maximum atomic E-state index is 12.6. The van der Waals surface area contributed by atoms with Crippen molar-refractivity contribution in [2.24, 2.45) is 0 Å². The summed E-state index contributed by atoms with van der Waals surface area (Å²) in [4.78, 5) is 46.1. The molecule has 0 bridgehead atoms. The van der Waals surface area contributed by atoms with Crippen LogP contribution in [0.4, 0.5) is 0 Å². The molecule has 2 aliphatic rings. The van der Waals surface area contributed by atoms with Gasteiger partial charge in [-0.1, -0.05) is 6.42 Å². The molecule has 3 rings (SSSR count). The van der Waals surface area contributed by atoms with Crippen molar-refractivity contribution in [3.05, 3.63) is 17.7 Å². The number of nitrogens with zero attached hydrogens (tertiary/aromatic N) is 3. The molecule has 0 aromatic carbocycles. The van der Waals surface area contributed by atoms with Crippen LogP contribution in [0.2, 0.25) is 0 Å². The average molecular weight is 320 g/mol. The summed E-state index contributed by atoms with van der Waals surface area (Å²) in [5, 5.41) is 9.41. The van der Waals surface area contributed by atoms with Crippen molar-refractivity contribution in [2.75, 3.05) is 13.1 Å². The molecule has 0 radical (unpaired) electrons. The van der Waals surface area contributed by atoms with Crippen LogP contribution in [0.25, 0.3) is 0 Å². The summed E-state index contributed by atoms with van der Waals surface area (Å²) in [6.45, 7) is 0.699. The molecule has 3 heterocycles. The highest BCUT2D eigenvalue weighted by Crippen LogP contribution is 2.21. The van der Waals surface area contributed by atoms with Crippen molar-refractivity contribution in [1.29, 1.82) is 0 Å². The van der Waals surface area contributed by atoms with Gasteiger partial charge in [0.15, 0.2) is 0 Å². The van der Waals surface area contributed by atoms with Crippen LogP contribution in [0.15, 0.2) is 6.33 Å². The lowest BCUT2D eigenvalue weighted by Crippen LogP contribution is -2.52. The molecule has 0 spiro atoms. The van der Waals surface area contributed by atoms with Crippen LogP contribution in [0, 0.1) is 0 Å². The van der Waals surface area contributed by atoms with Crippen LogP contribution in [0.1, 0.15) is 37.1 Å². The van der Waals surface area contributed by atoms with Gasteiger partial charge in [0.1, 0.15) is 6.04 Å². The number of aromatic nitrogens is 2. The van der Waals surface area contributed by atoms with Gasteiger partial charge in [0.05, 0.1) is 30.8 Å². The molecule has 0 aliphatic carbocycles. The molecule has 8 heteroatoms. The lowest BCUT2D eigenvalue weighted by Gasteiger charge is -2.34. The Labute approximate surface area is 133 Å². The molecule has 1 aromatic heterocycles. The quantitative estimate of drug-likeness (QED) is 0.824. The number of amides is 2. The number of carbonyl (C=O) groups excluding carboxylic acids is 2. The van der Waals surface area contributed by atoms with Gasteiger partial charge in [-0.15, -0.1) is 0 Å². The van der Waals surface area contributed by atoms with Crippen LogP contribution in [0.3, 0.4) is 0 Å². The number of aliphatic carboxylic acids is 1. The minimum atomic E-state index is -1.05. The van der Waals surface area contributed by atoms with E-state index in [1.165, 1.54) is 11.2 Å². The fraction of sp³-hybridized carbons (Fsp3) is 0.600. The average Bonchev–Trinajstić information content (AvgIpc) is 2.89. The summed E-state index contributed by atoms with van der Waals surface area (Å²) in [6, 6.07) is -0.930. The zero-order chi connectivity index (χ0) is 16.4. The molecule has 1 aromatic rings. The standard InChI is InChI=1S/C15H20N4O4/c20-13-4-2-1-3-5-18(13)8-14(21)19-7-11-10(16-9-17-11)6-12(19)15(22)23/h9,12H,1-8H2,(H,16,17)(H,22,23)/t12-/m0/s1. The van der Waals surface area contributed by atoms with E-state index in [4.69, 9.17) is 0 Å². The third-order valence-electron chi connectivity index (χ3n) is 4.50. The first-order valence-electron chi connectivity index (χ1n) is 7.87. The molecular weight excluding hydrogens is 300 g/mol. The molecule has 2 aliphatic heterocycles. The van der Waals surface area contributed by atoms with Gasteiger partial charge in [0, 0.05) is 19.4 Å². The highest BCUT2D eigenvalue weighted by atomic mass is 16.4. The Hall–Kier alpha value is -2.38. The van der Waals surface area contributed by atoms with E-state index in [1.54, 1.807) is 4.90 Å². The number of carboxylic acid groups (broad SMARTS) is 1. The van der Waals surface area contributed by atoms with Crippen molar-refractivity contribution in [1.82, 2.24) is 19.8 Å². The smallest absolute Gasteiger partial charge is 0.326 e. The summed E-state index contributed by atoms with van der Waals surface area (Å²) in [6.07, 6.45) is 4.87. The third-order valence-corrected chi connectivity index (χ3v) is 4.50. The van der Waals surface area contributed by atoms with E-state index in [0.29, 0.717) is 18.7 Å². The number of fused-ring (bicyclic) bond motifs is 1. The van der Waals surface area contributed by atoms with E-state index < -0.39 is 12.0 Å². The van der Waals surface area contributed by atoms with E-state index in [-0.39, 0.29) is 31.3 Å². The number of likely N-dealkylation sites (tertiary alicyclic amines) is 1. The Kier molecular flexibility index (Phi) is 4.31. The fourth-order valence-electron chi connectivity index (χ4n) is 3.18. The molecule has 2 N–H and O–H groups in total. The summed E-state index contributed by atoms with van der Waals surface area (Å²) < 4.78 is 0. The zero-order valence-corrected chi connectivity index (χ0v) is 12.8. The minimum absolute atomic E-state index is 0.0260. The molecule has 0 unspecified atom stereocenters. The lowest BCUT2D eigenvalue weighted by atomic mass is 10.0. The first kappa shape index (κ1) is 15.5. The molecule has 1 atom stereocenters. The minimum Gasteiger partial charge on any atom is -0.480 e. The summed E-state index contributed by atoms with van der Waals surface area (Å²) in [7, 11) is 0. The van der Waals surface area contributed by atoms with Crippen LogP contribution in [-0.2, 0) is 27.3 Å². The van der Waals surface area contributed by atoms with Gasteiger partial charge in [0.2, 0.25) is 11.8 Å². The van der Waals surface area contributed by atoms with E-state index in [0.717, 1.165) is 25.0 Å². The first-order chi connectivity index (χ1) is 11.1. The van der Waals surface area contributed by atoms with Gasteiger partial charge in [0.25, 0.3) is 0 Å². The normalized spacial score (nSPS) is 21.7. The largest absolute Gasteiger partial charge is 0.480 e. The highest BCUT2D eigenvalue weighted by molar-refractivity contribution is 5.88. The second kappa shape index (κ2) is 6.39. The maximum absolute atomic E-state index is 12.6. The number of nitrogens with one attached hydrogen (secondary N) is 1. The van der Waals surface area contributed by atoms with Gasteiger partial charge < -0.3 is 19.9 Å². The van der Waals surface area contributed by atoms with Crippen LogP contribution in [0.5, 0.6) is 0 Å². The number of hydrogen-bond donors (Lipinski definition) is 2. The first-order valence-corrected chi connectivity index (χ1v) is 7.87. The van der Waals surface area contributed by atoms with Crippen LogP contribution in [-0.4, -0.2) is 61.8 Å². The predicted molar refractivity (Wildman–Crippen MR) is 79.3 cm³/mol. The predicted octanol–water partition coefficient (Wildman–Crippen LogP) is 0.150. The summed E-state index contributed by atoms with van der Waals surface area (Å²) in [5.74, 6) is -1.40. The Morgan fingerprint density at radius 1 is 1.35 bits per heavy atom. The van der Waals surface area contributed by atoms with E-state index >= 15 is 0 Å². The van der Waals surface area contributed by atoms with Crippen LogP contribution >= 0.6 is 0 Å². The molecule has 0 saturated carbocycles. The van der Waals surface area contributed by atoms with Gasteiger partial charge in [-0.3, -0.25) is 9.59 Å². The van der Waals surface area contributed by atoms with E-state index in [2.05, 4.69) is 9.97 Å². The number of carboxylic acids is 1. The second-order valence-corrected chi connectivity index (χ2v) is 6.03. The zero-order valence-electron chi connectivity index (χ0n) is 12.8. The second-order valence-electron chi connectivity index (χ2n) is 6.03. The van der Waals surface area contributed by atoms with Crippen molar-refractivity contribution >= 4 is 17.8 Å². The number of hydrogen-bond acceptors (Lipinski definition) is 4. The van der Waals surface area contributed by atoms with Crippen molar-refractivity contribution in [3.8, 4) is 0 Å². The van der Waals surface area contributed by atoms with Crippen LogP contribution < -0.4 is 0 Å². The Bertz CT molecular complexity index is 627. The summed E-state index contributed by atoms with van der Waals surface area (Å²) in [5.41, 5.74) is 1.45. The molecule has 8 nitrogen and oxygen atoms in total. The topological polar surface area (TPSA) is 107 Å².